The predicted molar refractivity (Wildman–Crippen MR) is 119 cm³/mol. The van der Waals surface area contributed by atoms with Gasteiger partial charge in [0.25, 0.3) is 0 Å². The standard InChI is InChI=1S/C25H22O4S/c1-17-13-15-19(16-14-17)30(27,28)25(22-11-6-12-23(29-2)24(22)26)21-10-5-8-18-7-3-4-9-20(18)21/h3-16,25-26H,1-2H3. The lowest BCUT2D eigenvalue weighted by Crippen LogP contribution is -2.16. The van der Waals surface area contributed by atoms with Crippen LogP contribution in [0.5, 0.6) is 11.5 Å². The molecule has 30 heavy (non-hydrogen) atoms. The van der Waals surface area contributed by atoms with Gasteiger partial charge in [0.2, 0.25) is 0 Å². The van der Waals surface area contributed by atoms with Gasteiger partial charge >= 0.3 is 0 Å². The highest BCUT2D eigenvalue weighted by molar-refractivity contribution is 7.92. The highest BCUT2D eigenvalue weighted by atomic mass is 32.2. The monoisotopic (exact) mass is 418 g/mol. The first-order chi connectivity index (χ1) is 14.4. The van der Waals surface area contributed by atoms with Crippen molar-refractivity contribution in [2.24, 2.45) is 0 Å². The topological polar surface area (TPSA) is 63.6 Å². The number of fused-ring (bicyclic) bond motifs is 1. The van der Waals surface area contributed by atoms with E-state index in [4.69, 9.17) is 4.74 Å². The number of methoxy groups -OCH3 is 1. The number of sulfone groups is 1. The number of hydrogen-bond donors (Lipinski definition) is 1. The van der Waals surface area contributed by atoms with E-state index in [-0.39, 0.29) is 22.0 Å². The molecule has 0 spiro atoms. The minimum absolute atomic E-state index is 0.173. The molecule has 152 valence electrons. The molecule has 1 N–H and O–H groups in total. The predicted octanol–water partition coefficient (Wildman–Crippen LogP) is 5.43. The minimum atomic E-state index is -3.88. The summed E-state index contributed by atoms with van der Waals surface area (Å²) in [4.78, 5) is 0.202. The van der Waals surface area contributed by atoms with Crippen LogP contribution in [0.15, 0.2) is 89.8 Å². The Morgan fingerprint density at radius 3 is 2.17 bits per heavy atom. The highest BCUT2D eigenvalue weighted by Crippen LogP contribution is 2.44. The van der Waals surface area contributed by atoms with Gasteiger partial charge in [-0.25, -0.2) is 8.42 Å². The number of phenols is 1. The lowest BCUT2D eigenvalue weighted by atomic mass is 9.97. The van der Waals surface area contributed by atoms with E-state index in [1.165, 1.54) is 7.11 Å². The van der Waals surface area contributed by atoms with Crippen LogP contribution in [0.25, 0.3) is 10.8 Å². The van der Waals surface area contributed by atoms with Crippen LogP contribution in [0.3, 0.4) is 0 Å². The van der Waals surface area contributed by atoms with Crippen LogP contribution >= 0.6 is 0 Å². The fourth-order valence-electron chi connectivity index (χ4n) is 3.76. The van der Waals surface area contributed by atoms with Crippen molar-refractivity contribution in [1.82, 2.24) is 0 Å². The van der Waals surface area contributed by atoms with Crippen LogP contribution in [0.2, 0.25) is 0 Å². The quantitative estimate of drug-likeness (QED) is 0.470. The molecule has 0 saturated carbocycles. The van der Waals surface area contributed by atoms with Gasteiger partial charge in [0.15, 0.2) is 21.3 Å². The Kier molecular flexibility index (Phi) is 5.22. The van der Waals surface area contributed by atoms with Crippen molar-refractivity contribution in [3.8, 4) is 11.5 Å². The molecule has 0 amide bonds. The van der Waals surface area contributed by atoms with E-state index >= 15 is 0 Å². The maximum atomic E-state index is 13.9. The van der Waals surface area contributed by atoms with Gasteiger partial charge in [-0.1, -0.05) is 72.3 Å². The molecule has 1 atom stereocenters. The Bertz CT molecular complexity index is 1300. The zero-order valence-electron chi connectivity index (χ0n) is 16.7. The third kappa shape index (κ3) is 3.42. The highest BCUT2D eigenvalue weighted by Gasteiger charge is 2.34. The number of para-hydroxylation sites is 1. The van der Waals surface area contributed by atoms with Crippen LogP contribution in [-0.2, 0) is 9.84 Å². The molecule has 0 aliphatic heterocycles. The van der Waals surface area contributed by atoms with Crippen LogP contribution < -0.4 is 4.74 Å². The van der Waals surface area contributed by atoms with Gasteiger partial charge in [-0.15, -0.1) is 0 Å². The molecule has 5 heteroatoms. The smallest absolute Gasteiger partial charge is 0.189 e. The number of hydrogen-bond acceptors (Lipinski definition) is 4. The van der Waals surface area contributed by atoms with Gasteiger partial charge in [-0.2, -0.15) is 0 Å². The van der Waals surface area contributed by atoms with E-state index in [2.05, 4.69) is 0 Å². The SMILES string of the molecule is COc1cccc(C(c2cccc3ccccc23)S(=O)(=O)c2ccc(C)cc2)c1O. The van der Waals surface area contributed by atoms with Gasteiger partial charge in [0, 0.05) is 5.56 Å². The largest absolute Gasteiger partial charge is 0.504 e. The summed E-state index contributed by atoms with van der Waals surface area (Å²) in [6, 6.07) is 24.9. The van der Waals surface area contributed by atoms with Crippen molar-refractivity contribution < 1.29 is 18.3 Å². The lowest BCUT2D eigenvalue weighted by Gasteiger charge is -2.22. The van der Waals surface area contributed by atoms with E-state index in [0.29, 0.717) is 5.56 Å². The van der Waals surface area contributed by atoms with E-state index in [1.807, 2.05) is 43.3 Å². The second-order valence-electron chi connectivity index (χ2n) is 7.20. The van der Waals surface area contributed by atoms with Crippen molar-refractivity contribution in [1.29, 1.82) is 0 Å². The molecule has 4 aromatic rings. The third-order valence-electron chi connectivity index (χ3n) is 5.30. The van der Waals surface area contributed by atoms with Gasteiger partial charge < -0.3 is 9.84 Å². The fourth-order valence-corrected chi connectivity index (χ4v) is 5.61. The number of aromatic hydroxyl groups is 1. The number of ether oxygens (including phenoxy) is 1. The summed E-state index contributed by atoms with van der Waals surface area (Å²) >= 11 is 0. The number of benzene rings is 4. The van der Waals surface area contributed by atoms with Gasteiger partial charge in [0.05, 0.1) is 12.0 Å². The molecule has 0 bridgehead atoms. The molecule has 4 rings (SSSR count). The molecular formula is C25H22O4S. The van der Waals surface area contributed by atoms with Crippen molar-refractivity contribution in [3.63, 3.8) is 0 Å². The molecule has 0 aliphatic rings. The summed E-state index contributed by atoms with van der Waals surface area (Å²) in [6.45, 7) is 1.91. The number of aryl methyl sites for hydroxylation is 1. The Morgan fingerprint density at radius 1 is 0.800 bits per heavy atom. The summed E-state index contributed by atoms with van der Waals surface area (Å²) < 4.78 is 33.0. The van der Waals surface area contributed by atoms with Gasteiger partial charge in [0.1, 0.15) is 5.25 Å². The summed E-state index contributed by atoms with van der Waals surface area (Å²) in [5, 5.41) is 11.5. The van der Waals surface area contributed by atoms with Crippen molar-refractivity contribution in [2.45, 2.75) is 17.1 Å². The summed E-state index contributed by atoms with van der Waals surface area (Å²) in [5.41, 5.74) is 1.86. The second kappa shape index (κ2) is 7.84. The van der Waals surface area contributed by atoms with Crippen molar-refractivity contribution in [2.75, 3.05) is 7.11 Å². The average molecular weight is 419 g/mol. The van der Waals surface area contributed by atoms with E-state index in [1.54, 1.807) is 48.5 Å². The Morgan fingerprint density at radius 2 is 1.43 bits per heavy atom. The van der Waals surface area contributed by atoms with E-state index in [0.717, 1.165) is 16.3 Å². The lowest BCUT2D eigenvalue weighted by molar-refractivity contribution is 0.370. The van der Waals surface area contributed by atoms with Crippen molar-refractivity contribution >= 4 is 20.6 Å². The Labute approximate surface area is 176 Å². The molecular weight excluding hydrogens is 396 g/mol. The Balaban J connectivity index is 2.05. The molecule has 1 unspecified atom stereocenters. The fraction of sp³-hybridized carbons (Fsp3) is 0.120. The van der Waals surface area contributed by atoms with Crippen molar-refractivity contribution in [3.05, 3.63) is 102 Å². The maximum Gasteiger partial charge on any atom is 0.189 e. The van der Waals surface area contributed by atoms with Gasteiger partial charge in [-0.05, 0) is 41.5 Å². The minimum Gasteiger partial charge on any atom is -0.504 e. The summed E-state index contributed by atoms with van der Waals surface area (Å²) in [7, 11) is -2.43. The third-order valence-corrected chi connectivity index (χ3v) is 7.36. The molecule has 0 radical (unpaired) electrons. The van der Waals surface area contributed by atoms with E-state index in [9.17, 15) is 13.5 Å². The molecule has 0 heterocycles. The van der Waals surface area contributed by atoms with Gasteiger partial charge in [-0.3, -0.25) is 0 Å². The maximum absolute atomic E-state index is 13.9. The normalized spacial score (nSPS) is 12.6. The van der Waals surface area contributed by atoms with Crippen LogP contribution in [0, 0.1) is 6.92 Å². The van der Waals surface area contributed by atoms with E-state index < -0.39 is 15.1 Å². The number of phenolic OH excluding ortho intramolecular Hbond substituents is 1. The van der Waals surface area contributed by atoms with Crippen LogP contribution in [-0.4, -0.2) is 20.6 Å². The zero-order chi connectivity index (χ0) is 21.3. The second-order valence-corrected chi connectivity index (χ2v) is 9.24. The average Bonchev–Trinajstić information content (AvgIpc) is 2.75. The number of rotatable bonds is 5. The molecule has 4 aromatic carbocycles. The Hall–Kier alpha value is -3.31. The van der Waals surface area contributed by atoms with Crippen LogP contribution in [0.1, 0.15) is 21.9 Å². The molecule has 0 aliphatic carbocycles. The summed E-state index contributed by atoms with van der Waals surface area (Å²) in [5.74, 6) is 0.0606. The first-order valence-electron chi connectivity index (χ1n) is 9.57. The molecule has 4 nitrogen and oxygen atoms in total. The first-order valence-corrected chi connectivity index (χ1v) is 11.1. The first kappa shape index (κ1) is 20.0. The molecule has 0 saturated heterocycles. The van der Waals surface area contributed by atoms with Crippen LogP contribution in [0.4, 0.5) is 0 Å². The zero-order valence-corrected chi connectivity index (χ0v) is 17.6. The summed E-state index contributed by atoms with van der Waals surface area (Å²) in [6.07, 6.45) is 0. The molecule has 0 aromatic heterocycles. The molecule has 0 fully saturated rings.